The van der Waals surface area contributed by atoms with Gasteiger partial charge in [0.15, 0.2) is 0 Å². The van der Waals surface area contributed by atoms with E-state index in [0.29, 0.717) is 31.3 Å². The van der Waals surface area contributed by atoms with E-state index >= 15 is 0 Å². The van der Waals surface area contributed by atoms with Gasteiger partial charge in [-0.1, -0.05) is 18.2 Å². The van der Waals surface area contributed by atoms with E-state index in [1.165, 1.54) is 0 Å². The zero-order valence-corrected chi connectivity index (χ0v) is 21.1. The van der Waals surface area contributed by atoms with Crippen LogP contribution in [-0.4, -0.2) is 65.2 Å². The number of anilines is 3. The van der Waals surface area contributed by atoms with E-state index in [1.54, 1.807) is 12.4 Å². The van der Waals surface area contributed by atoms with Crippen LogP contribution in [0.2, 0.25) is 0 Å². The monoisotopic (exact) mass is 507 g/mol. The first-order valence-corrected chi connectivity index (χ1v) is 12.9. The van der Waals surface area contributed by atoms with Gasteiger partial charge in [-0.15, -0.1) is 0 Å². The van der Waals surface area contributed by atoms with Crippen LogP contribution in [0, 0.1) is 0 Å². The van der Waals surface area contributed by atoms with Crippen molar-refractivity contribution < 1.29 is 9.53 Å². The molecule has 9 heteroatoms. The Balaban J connectivity index is 1.31. The number of pyridine rings is 2. The molecule has 0 radical (unpaired) electrons. The molecule has 0 unspecified atom stereocenters. The van der Waals surface area contributed by atoms with Crippen LogP contribution in [0.15, 0.2) is 73.3 Å². The highest BCUT2D eigenvalue weighted by molar-refractivity contribution is 5.95. The smallest absolute Gasteiger partial charge is 0.251 e. The SMILES string of the molecule is O=C(NCCc1cccnc1)c1cccc(-c2nc(N3CCOCC3)nc3c2CCN3c2cccnc2)c1. The number of nitrogens with one attached hydrogen (secondary N) is 1. The average molecular weight is 508 g/mol. The maximum absolute atomic E-state index is 13.0. The summed E-state index contributed by atoms with van der Waals surface area (Å²) in [6, 6.07) is 15.6. The lowest BCUT2D eigenvalue weighted by atomic mass is 10.0. The molecule has 38 heavy (non-hydrogen) atoms. The van der Waals surface area contributed by atoms with Crippen LogP contribution in [0.5, 0.6) is 0 Å². The Bertz CT molecular complexity index is 1410. The van der Waals surface area contributed by atoms with Gasteiger partial charge < -0.3 is 19.9 Å². The number of carbonyl (C=O) groups is 1. The fourth-order valence-electron chi connectivity index (χ4n) is 4.93. The summed E-state index contributed by atoms with van der Waals surface area (Å²) < 4.78 is 5.56. The summed E-state index contributed by atoms with van der Waals surface area (Å²) in [5, 5.41) is 3.03. The third-order valence-electron chi connectivity index (χ3n) is 6.89. The molecule has 6 rings (SSSR count). The Hall–Kier alpha value is -4.37. The van der Waals surface area contributed by atoms with Gasteiger partial charge in [-0.3, -0.25) is 14.8 Å². The molecule has 0 bridgehead atoms. The first kappa shape index (κ1) is 24.0. The van der Waals surface area contributed by atoms with Gasteiger partial charge in [0.1, 0.15) is 5.82 Å². The van der Waals surface area contributed by atoms with Crippen LogP contribution in [0.4, 0.5) is 17.5 Å². The van der Waals surface area contributed by atoms with Gasteiger partial charge in [-0.2, -0.15) is 4.98 Å². The zero-order valence-electron chi connectivity index (χ0n) is 21.1. The van der Waals surface area contributed by atoms with Crippen molar-refractivity contribution in [2.45, 2.75) is 12.8 Å². The number of hydrogen-bond donors (Lipinski definition) is 1. The molecule has 1 saturated heterocycles. The molecule has 192 valence electrons. The number of benzene rings is 1. The molecule has 2 aliphatic heterocycles. The van der Waals surface area contributed by atoms with Gasteiger partial charge in [0.2, 0.25) is 5.95 Å². The van der Waals surface area contributed by atoms with E-state index in [1.807, 2.05) is 54.9 Å². The molecule has 0 spiro atoms. The number of aromatic nitrogens is 4. The number of morpholine rings is 1. The highest BCUT2D eigenvalue weighted by Crippen LogP contribution is 2.39. The van der Waals surface area contributed by atoms with E-state index < -0.39 is 0 Å². The van der Waals surface area contributed by atoms with E-state index in [-0.39, 0.29) is 5.91 Å². The van der Waals surface area contributed by atoms with Crippen molar-refractivity contribution in [3.63, 3.8) is 0 Å². The molecule has 0 atom stereocenters. The van der Waals surface area contributed by atoms with E-state index in [0.717, 1.165) is 66.4 Å². The van der Waals surface area contributed by atoms with Gasteiger partial charge in [-0.05, 0) is 48.7 Å². The van der Waals surface area contributed by atoms with Crippen molar-refractivity contribution in [3.05, 3.63) is 90.0 Å². The highest BCUT2D eigenvalue weighted by Gasteiger charge is 2.29. The minimum atomic E-state index is -0.105. The summed E-state index contributed by atoms with van der Waals surface area (Å²) in [6.07, 6.45) is 8.75. The van der Waals surface area contributed by atoms with Gasteiger partial charge in [0.05, 0.1) is 30.8 Å². The molecular weight excluding hydrogens is 478 g/mol. The normalized spacial score (nSPS) is 14.8. The van der Waals surface area contributed by atoms with Gasteiger partial charge >= 0.3 is 0 Å². The van der Waals surface area contributed by atoms with E-state index in [9.17, 15) is 4.79 Å². The lowest BCUT2D eigenvalue weighted by Gasteiger charge is -2.28. The third kappa shape index (κ3) is 5.05. The maximum Gasteiger partial charge on any atom is 0.251 e. The zero-order chi connectivity index (χ0) is 25.7. The number of nitrogens with zero attached hydrogens (tertiary/aromatic N) is 6. The second-order valence-corrected chi connectivity index (χ2v) is 9.33. The highest BCUT2D eigenvalue weighted by atomic mass is 16.5. The van der Waals surface area contributed by atoms with Crippen LogP contribution in [0.1, 0.15) is 21.5 Å². The summed E-state index contributed by atoms with van der Waals surface area (Å²) >= 11 is 0. The van der Waals surface area contributed by atoms with Crippen LogP contribution < -0.4 is 15.1 Å². The molecule has 5 heterocycles. The predicted molar refractivity (Wildman–Crippen MR) is 146 cm³/mol. The number of ether oxygens (including phenoxy) is 1. The summed E-state index contributed by atoms with van der Waals surface area (Å²) in [5.41, 5.74) is 5.56. The van der Waals surface area contributed by atoms with Gasteiger partial charge in [0, 0.05) is 61.5 Å². The molecular formula is C29H29N7O2. The number of amides is 1. The van der Waals surface area contributed by atoms with Crippen molar-refractivity contribution in [2.75, 3.05) is 49.2 Å². The van der Waals surface area contributed by atoms with E-state index in [2.05, 4.69) is 31.2 Å². The minimum absolute atomic E-state index is 0.105. The molecule has 1 amide bonds. The van der Waals surface area contributed by atoms with Crippen molar-refractivity contribution in [1.82, 2.24) is 25.3 Å². The second kappa shape index (κ2) is 10.9. The first-order chi connectivity index (χ1) is 18.8. The van der Waals surface area contributed by atoms with Crippen molar-refractivity contribution in [1.29, 1.82) is 0 Å². The Labute approximate surface area is 221 Å². The topological polar surface area (TPSA) is 96.4 Å². The van der Waals surface area contributed by atoms with Crippen LogP contribution in [0.3, 0.4) is 0 Å². The Morgan fingerprint density at radius 3 is 2.58 bits per heavy atom. The predicted octanol–water partition coefficient (Wildman–Crippen LogP) is 3.44. The third-order valence-corrected chi connectivity index (χ3v) is 6.89. The fraction of sp³-hybridized carbons (Fsp3) is 0.276. The molecule has 1 fully saturated rings. The van der Waals surface area contributed by atoms with Crippen LogP contribution in [0.25, 0.3) is 11.3 Å². The molecule has 3 aromatic heterocycles. The maximum atomic E-state index is 13.0. The Morgan fingerprint density at radius 2 is 1.79 bits per heavy atom. The fourth-order valence-corrected chi connectivity index (χ4v) is 4.93. The average Bonchev–Trinajstić information content (AvgIpc) is 3.42. The lowest BCUT2D eigenvalue weighted by Crippen LogP contribution is -2.37. The van der Waals surface area contributed by atoms with Crippen LogP contribution >= 0.6 is 0 Å². The van der Waals surface area contributed by atoms with Crippen molar-refractivity contribution in [2.24, 2.45) is 0 Å². The van der Waals surface area contributed by atoms with Gasteiger partial charge in [0.25, 0.3) is 5.91 Å². The number of carbonyl (C=O) groups excluding carboxylic acids is 1. The number of hydrogen-bond acceptors (Lipinski definition) is 8. The Morgan fingerprint density at radius 1 is 0.947 bits per heavy atom. The number of rotatable bonds is 7. The van der Waals surface area contributed by atoms with Crippen molar-refractivity contribution >= 4 is 23.4 Å². The summed E-state index contributed by atoms with van der Waals surface area (Å²) in [4.78, 5) is 35.9. The van der Waals surface area contributed by atoms with Gasteiger partial charge in [-0.25, -0.2) is 4.98 Å². The summed E-state index contributed by atoms with van der Waals surface area (Å²) in [5.74, 6) is 1.48. The molecule has 9 nitrogen and oxygen atoms in total. The molecule has 0 saturated carbocycles. The van der Waals surface area contributed by atoms with Crippen LogP contribution in [-0.2, 0) is 17.6 Å². The molecule has 0 aliphatic carbocycles. The molecule has 1 N–H and O–H groups in total. The lowest BCUT2D eigenvalue weighted by molar-refractivity contribution is 0.0954. The molecule has 2 aliphatic rings. The standard InChI is InChI=1S/C29H29N7O2/c37-28(32-12-8-21-4-2-10-30-19-21)23-6-1-5-22(18-23)26-25-9-13-36(24-7-3-11-31-20-24)27(25)34-29(33-26)35-14-16-38-17-15-35/h1-7,10-11,18-20H,8-9,12-17H2,(H,32,37). The molecule has 1 aromatic carbocycles. The quantitative estimate of drug-likeness (QED) is 0.407. The summed E-state index contributed by atoms with van der Waals surface area (Å²) in [6.45, 7) is 4.12. The minimum Gasteiger partial charge on any atom is -0.378 e. The first-order valence-electron chi connectivity index (χ1n) is 12.9. The van der Waals surface area contributed by atoms with E-state index in [4.69, 9.17) is 14.7 Å². The second-order valence-electron chi connectivity index (χ2n) is 9.33. The largest absolute Gasteiger partial charge is 0.378 e. The Kier molecular flexibility index (Phi) is 6.91. The number of fused-ring (bicyclic) bond motifs is 1. The van der Waals surface area contributed by atoms with Crippen molar-refractivity contribution in [3.8, 4) is 11.3 Å². The molecule has 4 aromatic rings. The summed E-state index contributed by atoms with van der Waals surface area (Å²) in [7, 11) is 0.